The molecule has 1 aliphatic heterocycles. The molecule has 0 aromatic rings. The lowest BCUT2D eigenvalue weighted by Crippen LogP contribution is -2.50. The molecule has 5 rings (SSSR count). The van der Waals surface area contributed by atoms with E-state index in [0.717, 1.165) is 57.2 Å². The molecule has 0 amide bonds. The topological polar surface area (TPSA) is 40.5 Å². The Kier molecular flexibility index (Phi) is 4.13. The number of aliphatic hydroxyl groups is 1. The average Bonchev–Trinajstić information content (AvgIpc) is 3.24. The van der Waals surface area contributed by atoms with Crippen LogP contribution in [0.15, 0.2) is 23.4 Å². The summed E-state index contributed by atoms with van der Waals surface area (Å²) in [5, 5.41) is 10.2. The van der Waals surface area contributed by atoms with Crippen LogP contribution in [0.2, 0.25) is 0 Å². The molecule has 4 fully saturated rings. The van der Waals surface area contributed by atoms with E-state index in [1.165, 1.54) is 24.8 Å². The zero-order valence-electron chi connectivity index (χ0n) is 17.0. The molecule has 1 heterocycles. The Balaban J connectivity index is 1.45. The molecule has 1 N–H and O–H groups in total. The Bertz CT molecular complexity index is 703. The second-order valence-corrected chi connectivity index (χ2v) is 10.5. The second-order valence-electron chi connectivity index (χ2n) is 10.5. The van der Waals surface area contributed by atoms with Gasteiger partial charge in [0.15, 0.2) is 5.78 Å². The highest BCUT2D eigenvalue weighted by Crippen LogP contribution is 2.64. The van der Waals surface area contributed by atoms with E-state index in [-0.39, 0.29) is 16.9 Å². The molecule has 0 aromatic heterocycles. The lowest BCUT2D eigenvalue weighted by atomic mass is 9.48. The van der Waals surface area contributed by atoms with E-state index in [1.54, 1.807) is 0 Å². The van der Waals surface area contributed by atoms with Crippen molar-refractivity contribution in [3.8, 4) is 0 Å². The minimum absolute atomic E-state index is 0.136. The maximum atomic E-state index is 13.4. The number of hydrogen-bond acceptors (Lipinski definition) is 3. The first kappa shape index (κ1) is 18.0. The summed E-state index contributed by atoms with van der Waals surface area (Å²) in [6.45, 7) is 6.97. The largest absolute Gasteiger partial charge is 0.393 e. The first-order chi connectivity index (χ1) is 12.9. The number of allylic oxidation sites excluding steroid dienone is 2. The fraction of sp³-hybridized carbons (Fsp3) is 0.792. The van der Waals surface area contributed by atoms with Crippen LogP contribution in [0.4, 0.5) is 0 Å². The van der Waals surface area contributed by atoms with Gasteiger partial charge < -0.3 is 10.0 Å². The number of Topliss-reactive ketones (excluding diaryl/α,β-unsaturated/α-hetero) is 1. The Labute approximate surface area is 163 Å². The predicted molar refractivity (Wildman–Crippen MR) is 107 cm³/mol. The van der Waals surface area contributed by atoms with Crippen molar-refractivity contribution in [2.75, 3.05) is 13.1 Å². The van der Waals surface area contributed by atoms with Crippen LogP contribution in [0.5, 0.6) is 0 Å². The number of fused-ring (bicyclic) bond motifs is 5. The molecule has 0 bridgehead atoms. The minimum Gasteiger partial charge on any atom is -0.393 e. The number of ketones is 1. The third-order valence-electron chi connectivity index (χ3n) is 9.20. The summed E-state index contributed by atoms with van der Waals surface area (Å²) in [5.41, 5.74) is 2.75. The van der Waals surface area contributed by atoms with Gasteiger partial charge in [0, 0.05) is 30.3 Å². The van der Waals surface area contributed by atoms with E-state index in [2.05, 4.69) is 31.0 Å². The molecule has 4 aliphatic carbocycles. The summed E-state index contributed by atoms with van der Waals surface area (Å²) in [7, 11) is 0. The molecule has 0 unspecified atom stereocenters. The minimum atomic E-state index is -0.141. The van der Waals surface area contributed by atoms with Crippen LogP contribution in [-0.2, 0) is 4.79 Å². The van der Waals surface area contributed by atoms with Gasteiger partial charge in [-0.1, -0.05) is 25.5 Å². The van der Waals surface area contributed by atoms with Gasteiger partial charge in [0.1, 0.15) is 0 Å². The Hall–Kier alpha value is -1.09. The van der Waals surface area contributed by atoms with E-state index in [1.807, 2.05) is 0 Å². The molecule has 3 heteroatoms. The van der Waals surface area contributed by atoms with Crippen LogP contribution in [-0.4, -0.2) is 35.0 Å². The molecule has 0 aromatic carbocycles. The number of hydrogen-bond donors (Lipinski definition) is 1. The van der Waals surface area contributed by atoms with E-state index in [4.69, 9.17) is 0 Å². The molecule has 3 saturated carbocycles. The average molecular weight is 370 g/mol. The number of nitrogens with zero attached hydrogens (tertiary/aromatic N) is 1. The molecule has 1 saturated heterocycles. The van der Waals surface area contributed by atoms with Crippen LogP contribution in [0, 0.1) is 28.6 Å². The molecule has 5 aliphatic rings. The summed E-state index contributed by atoms with van der Waals surface area (Å²) in [4.78, 5) is 15.8. The van der Waals surface area contributed by atoms with Gasteiger partial charge in [0.25, 0.3) is 0 Å². The highest BCUT2D eigenvalue weighted by Gasteiger charge is 2.59. The monoisotopic (exact) mass is 369 g/mol. The molecule has 148 valence electrons. The van der Waals surface area contributed by atoms with Crippen molar-refractivity contribution >= 4 is 5.78 Å². The molecular formula is C24H35NO2. The third kappa shape index (κ3) is 2.60. The number of rotatable bonds is 1. The summed E-state index contributed by atoms with van der Waals surface area (Å²) in [5.74, 6) is 2.30. The molecule has 0 radical (unpaired) electrons. The van der Waals surface area contributed by atoms with Crippen LogP contribution < -0.4 is 0 Å². The fourth-order valence-electron chi connectivity index (χ4n) is 7.52. The second kappa shape index (κ2) is 6.20. The van der Waals surface area contributed by atoms with Crippen molar-refractivity contribution in [2.45, 2.75) is 77.7 Å². The summed E-state index contributed by atoms with van der Waals surface area (Å²) < 4.78 is 0. The summed E-state index contributed by atoms with van der Waals surface area (Å²) in [6.07, 6.45) is 14.4. The van der Waals surface area contributed by atoms with Crippen molar-refractivity contribution in [2.24, 2.45) is 28.6 Å². The Morgan fingerprint density at radius 2 is 1.81 bits per heavy atom. The normalized spacial score (nSPS) is 48.3. The first-order valence-corrected chi connectivity index (χ1v) is 11.3. The standard InChI is InChI=1S/C24H35NO2/c1-23-9-7-18(26)14-17(23)5-6-19-20(23)8-10-24(2)21(19)13-16(22(24)27)15-25-11-3-4-12-25/h5,15,18-21,26H,3-4,6-14H2,1-2H3/b16-15-/t18-,19+,20-,21-,23-,24-/m0/s1. The SMILES string of the molecule is C[C@]12CC[C@H](O)CC1=CC[C@@H]1[C@@H]2CC[C@]2(C)C(=O)/C(=C\N3CCCC3)C[C@@H]12. The third-order valence-corrected chi connectivity index (χ3v) is 9.20. The van der Waals surface area contributed by atoms with E-state index >= 15 is 0 Å². The molecule has 0 spiro atoms. The van der Waals surface area contributed by atoms with E-state index < -0.39 is 0 Å². The Morgan fingerprint density at radius 1 is 1.07 bits per heavy atom. The summed E-state index contributed by atoms with van der Waals surface area (Å²) >= 11 is 0. The molecule has 6 atom stereocenters. The smallest absolute Gasteiger partial charge is 0.166 e. The van der Waals surface area contributed by atoms with Crippen LogP contribution in [0.1, 0.15) is 71.6 Å². The first-order valence-electron chi connectivity index (χ1n) is 11.3. The van der Waals surface area contributed by atoms with Crippen LogP contribution in [0.3, 0.4) is 0 Å². The zero-order valence-corrected chi connectivity index (χ0v) is 17.0. The maximum Gasteiger partial charge on any atom is 0.166 e. The van der Waals surface area contributed by atoms with E-state index in [0.29, 0.717) is 23.5 Å². The lowest BCUT2D eigenvalue weighted by Gasteiger charge is -2.56. The van der Waals surface area contributed by atoms with Crippen molar-refractivity contribution in [3.63, 3.8) is 0 Å². The van der Waals surface area contributed by atoms with Crippen molar-refractivity contribution in [1.29, 1.82) is 0 Å². The van der Waals surface area contributed by atoms with Gasteiger partial charge in [0.2, 0.25) is 0 Å². The maximum absolute atomic E-state index is 13.4. The summed E-state index contributed by atoms with van der Waals surface area (Å²) in [6, 6.07) is 0. The zero-order chi connectivity index (χ0) is 18.8. The van der Waals surface area contributed by atoms with Crippen molar-refractivity contribution < 1.29 is 9.90 Å². The predicted octanol–water partition coefficient (Wildman–Crippen LogP) is 4.47. The molecular weight excluding hydrogens is 334 g/mol. The van der Waals surface area contributed by atoms with Crippen molar-refractivity contribution in [1.82, 2.24) is 4.90 Å². The molecule has 27 heavy (non-hydrogen) atoms. The number of likely N-dealkylation sites (tertiary alicyclic amines) is 1. The Morgan fingerprint density at radius 3 is 2.59 bits per heavy atom. The fourth-order valence-corrected chi connectivity index (χ4v) is 7.52. The quantitative estimate of drug-likeness (QED) is 0.548. The van der Waals surface area contributed by atoms with Gasteiger partial charge in [-0.25, -0.2) is 0 Å². The number of carbonyl (C=O) groups is 1. The number of carbonyl (C=O) groups excluding carboxylic acids is 1. The van der Waals surface area contributed by atoms with Crippen LogP contribution >= 0.6 is 0 Å². The van der Waals surface area contributed by atoms with Gasteiger partial charge in [-0.15, -0.1) is 0 Å². The van der Waals surface area contributed by atoms with Gasteiger partial charge in [-0.3, -0.25) is 4.79 Å². The van der Waals surface area contributed by atoms with Crippen LogP contribution in [0.25, 0.3) is 0 Å². The van der Waals surface area contributed by atoms with Gasteiger partial charge in [-0.2, -0.15) is 0 Å². The lowest BCUT2D eigenvalue weighted by molar-refractivity contribution is -0.130. The van der Waals surface area contributed by atoms with E-state index in [9.17, 15) is 9.90 Å². The number of aliphatic hydroxyl groups excluding tert-OH is 1. The molecule has 3 nitrogen and oxygen atoms in total. The van der Waals surface area contributed by atoms with Gasteiger partial charge >= 0.3 is 0 Å². The van der Waals surface area contributed by atoms with Gasteiger partial charge in [0.05, 0.1) is 6.10 Å². The van der Waals surface area contributed by atoms with Crippen molar-refractivity contribution in [3.05, 3.63) is 23.4 Å². The van der Waals surface area contributed by atoms with Gasteiger partial charge in [-0.05, 0) is 81.0 Å². The highest BCUT2D eigenvalue weighted by molar-refractivity contribution is 6.02. The highest BCUT2D eigenvalue weighted by atomic mass is 16.3.